The van der Waals surface area contributed by atoms with E-state index in [9.17, 15) is 4.79 Å². The molecule has 2 heterocycles. The third-order valence-electron chi connectivity index (χ3n) is 3.48. The summed E-state index contributed by atoms with van der Waals surface area (Å²) in [5, 5.41) is 3.38. The number of ether oxygens (including phenoxy) is 1. The average molecular weight is 269 g/mol. The fourth-order valence-electron chi connectivity index (χ4n) is 2.46. The van der Waals surface area contributed by atoms with Gasteiger partial charge in [-0.15, -0.1) is 0 Å². The van der Waals surface area contributed by atoms with Gasteiger partial charge in [-0.1, -0.05) is 6.07 Å². The first-order valence-electron chi connectivity index (χ1n) is 6.52. The summed E-state index contributed by atoms with van der Waals surface area (Å²) < 4.78 is 4.65. The normalized spacial score (nSPS) is 16.6. The molecule has 0 aromatic carbocycles. The van der Waals surface area contributed by atoms with Crippen LogP contribution in [0.15, 0.2) is 36.7 Å². The van der Waals surface area contributed by atoms with Gasteiger partial charge < -0.3 is 10.1 Å². The summed E-state index contributed by atoms with van der Waals surface area (Å²) in [6.07, 6.45) is 5.33. The van der Waals surface area contributed by atoms with E-state index in [2.05, 4.69) is 26.1 Å². The highest BCUT2D eigenvalue weighted by Gasteiger charge is 2.23. The molecule has 1 aliphatic rings. The molecule has 0 aliphatic heterocycles. The van der Waals surface area contributed by atoms with Crippen LogP contribution >= 0.6 is 0 Å². The van der Waals surface area contributed by atoms with E-state index in [0.717, 1.165) is 24.4 Å². The minimum absolute atomic E-state index is 0.232. The van der Waals surface area contributed by atoms with Gasteiger partial charge in [-0.25, -0.2) is 9.78 Å². The van der Waals surface area contributed by atoms with Crippen molar-refractivity contribution in [3.63, 3.8) is 0 Å². The number of fused-ring (bicyclic) bond motifs is 1. The molecule has 0 fully saturated rings. The van der Waals surface area contributed by atoms with Crippen molar-refractivity contribution in [3.8, 4) is 0 Å². The molecule has 0 bridgehead atoms. The Hall–Kier alpha value is -2.43. The van der Waals surface area contributed by atoms with E-state index >= 15 is 0 Å². The predicted octanol–water partition coefficient (Wildman–Crippen LogP) is 2.36. The van der Waals surface area contributed by atoms with E-state index in [1.165, 1.54) is 18.9 Å². The highest BCUT2D eigenvalue weighted by Crippen LogP contribution is 2.31. The second-order valence-corrected chi connectivity index (χ2v) is 4.70. The van der Waals surface area contributed by atoms with Gasteiger partial charge in [0.1, 0.15) is 5.82 Å². The van der Waals surface area contributed by atoms with Crippen molar-refractivity contribution >= 4 is 11.8 Å². The number of methoxy groups -OCH3 is 1. The molecule has 0 saturated carbocycles. The second-order valence-electron chi connectivity index (χ2n) is 4.70. The number of carbonyl (C=O) groups is 1. The van der Waals surface area contributed by atoms with Gasteiger partial charge in [0.25, 0.3) is 0 Å². The molecule has 102 valence electrons. The van der Waals surface area contributed by atoms with E-state index in [1.807, 2.05) is 12.3 Å². The van der Waals surface area contributed by atoms with Gasteiger partial charge in [-0.05, 0) is 36.6 Å². The molecule has 5 nitrogen and oxygen atoms in total. The Balaban J connectivity index is 1.75. The van der Waals surface area contributed by atoms with Crippen molar-refractivity contribution < 1.29 is 9.53 Å². The van der Waals surface area contributed by atoms with E-state index in [-0.39, 0.29) is 12.0 Å². The van der Waals surface area contributed by atoms with Crippen LogP contribution < -0.4 is 5.32 Å². The van der Waals surface area contributed by atoms with Gasteiger partial charge in [0.15, 0.2) is 0 Å². The van der Waals surface area contributed by atoms with Crippen molar-refractivity contribution in [1.29, 1.82) is 0 Å². The smallest absolute Gasteiger partial charge is 0.339 e. The van der Waals surface area contributed by atoms with Crippen molar-refractivity contribution in [2.75, 3.05) is 12.4 Å². The Morgan fingerprint density at radius 1 is 1.35 bits per heavy atom. The maximum Gasteiger partial charge on any atom is 0.339 e. The number of nitrogens with zero attached hydrogens (tertiary/aromatic N) is 2. The second kappa shape index (κ2) is 5.28. The molecule has 20 heavy (non-hydrogen) atoms. The summed E-state index contributed by atoms with van der Waals surface area (Å²) in [4.78, 5) is 20.0. The molecule has 1 unspecified atom stereocenters. The SMILES string of the molecule is COC(=O)c1ccc(NC2CCc3ncccc32)nc1. The monoisotopic (exact) mass is 269 g/mol. The Morgan fingerprint density at radius 3 is 3.00 bits per heavy atom. The Morgan fingerprint density at radius 2 is 2.25 bits per heavy atom. The van der Waals surface area contributed by atoms with Crippen LogP contribution in [0.3, 0.4) is 0 Å². The first-order valence-corrected chi connectivity index (χ1v) is 6.52. The van der Waals surface area contributed by atoms with Gasteiger partial charge in [-0.3, -0.25) is 4.98 Å². The zero-order valence-electron chi connectivity index (χ0n) is 11.2. The molecule has 0 amide bonds. The summed E-state index contributed by atoms with van der Waals surface area (Å²) in [5.74, 6) is 0.374. The van der Waals surface area contributed by atoms with Crippen LogP contribution in [0.5, 0.6) is 0 Å². The highest BCUT2D eigenvalue weighted by atomic mass is 16.5. The predicted molar refractivity (Wildman–Crippen MR) is 74.5 cm³/mol. The fourth-order valence-corrected chi connectivity index (χ4v) is 2.46. The number of anilines is 1. The van der Waals surface area contributed by atoms with Crippen LogP contribution in [0.25, 0.3) is 0 Å². The zero-order chi connectivity index (χ0) is 13.9. The molecular formula is C15H15N3O2. The lowest BCUT2D eigenvalue weighted by Gasteiger charge is -2.14. The maximum absolute atomic E-state index is 11.3. The number of carbonyl (C=O) groups excluding carboxylic acids is 1. The molecule has 5 heteroatoms. The minimum Gasteiger partial charge on any atom is -0.465 e. The van der Waals surface area contributed by atoms with Crippen LogP contribution in [0.4, 0.5) is 5.82 Å². The molecule has 0 saturated heterocycles. The van der Waals surface area contributed by atoms with Crippen LogP contribution in [0.2, 0.25) is 0 Å². The number of rotatable bonds is 3. The van der Waals surface area contributed by atoms with Gasteiger partial charge in [0, 0.05) is 18.1 Å². The first kappa shape index (κ1) is 12.6. The fraction of sp³-hybridized carbons (Fsp3) is 0.267. The molecule has 2 aromatic rings. The maximum atomic E-state index is 11.3. The number of aromatic nitrogens is 2. The van der Waals surface area contributed by atoms with Gasteiger partial charge >= 0.3 is 5.97 Å². The Labute approximate surface area is 117 Å². The van der Waals surface area contributed by atoms with Crippen molar-refractivity contribution in [3.05, 3.63) is 53.5 Å². The molecular weight excluding hydrogens is 254 g/mol. The van der Waals surface area contributed by atoms with Crippen LogP contribution in [0.1, 0.15) is 34.1 Å². The Kier molecular flexibility index (Phi) is 3.33. The first-order chi connectivity index (χ1) is 9.78. The molecule has 1 atom stereocenters. The van der Waals surface area contributed by atoms with Crippen molar-refractivity contribution in [1.82, 2.24) is 9.97 Å². The minimum atomic E-state index is -0.375. The van der Waals surface area contributed by atoms with E-state index in [0.29, 0.717) is 5.56 Å². The van der Waals surface area contributed by atoms with E-state index in [1.54, 1.807) is 12.1 Å². The van der Waals surface area contributed by atoms with E-state index < -0.39 is 0 Å². The van der Waals surface area contributed by atoms with Gasteiger partial charge in [-0.2, -0.15) is 0 Å². The summed E-state index contributed by atoms with van der Waals surface area (Å²) in [6.45, 7) is 0. The number of hydrogen-bond donors (Lipinski definition) is 1. The Bertz CT molecular complexity index is 625. The third kappa shape index (κ3) is 2.34. The molecule has 1 aliphatic carbocycles. The van der Waals surface area contributed by atoms with Crippen LogP contribution in [-0.4, -0.2) is 23.0 Å². The molecule has 3 rings (SSSR count). The number of nitrogens with one attached hydrogen (secondary N) is 1. The summed E-state index contributed by atoms with van der Waals surface area (Å²) in [7, 11) is 1.36. The largest absolute Gasteiger partial charge is 0.465 e. The lowest BCUT2D eigenvalue weighted by molar-refractivity contribution is 0.0600. The standard InChI is InChI=1S/C15H15N3O2/c1-20-15(19)10-4-7-14(17-9-10)18-13-6-5-12-11(13)3-2-8-16-12/h2-4,7-9,13H,5-6H2,1H3,(H,17,18). The average Bonchev–Trinajstić information content (AvgIpc) is 2.91. The number of hydrogen-bond acceptors (Lipinski definition) is 5. The van der Waals surface area contributed by atoms with Crippen LogP contribution in [0, 0.1) is 0 Å². The van der Waals surface area contributed by atoms with E-state index in [4.69, 9.17) is 0 Å². The van der Waals surface area contributed by atoms with Crippen molar-refractivity contribution in [2.24, 2.45) is 0 Å². The molecule has 0 radical (unpaired) electrons. The van der Waals surface area contributed by atoms with Gasteiger partial charge in [0.05, 0.1) is 18.7 Å². The quantitative estimate of drug-likeness (QED) is 0.867. The molecule has 1 N–H and O–H groups in total. The number of esters is 1. The zero-order valence-corrected chi connectivity index (χ0v) is 11.2. The summed E-state index contributed by atoms with van der Waals surface area (Å²) >= 11 is 0. The molecule has 0 spiro atoms. The molecule has 2 aromatic heterocycles. The summed E-state index contributed by atoms with van der Waals surface area (Å²) in [6, 6.07) is 7.78. The number of aryl methyl sites for hydroxylation is 1. The highest BCUT2D eigenvalue weighted by molar-refractivity contribution is 5.89. The number of pyridine rings is 2. The van der Waals surface area contributed by atoms with Crippen LogP contribution in [-0.2, 0) is 11.2 Å². The van der Waals surface area contributed by atoms with Gasteiger partial charge in [0.2, 0.25) is 0 Å². The lowest BCUT2D eigenvalue weighted by atomic mass is 10.1. The lowest BCUT2D eigenvalue weighted by Crippen LogP contribution is -2.09. The van der Waals surface area contributed by atoms with Crippen molar-refractivity contribution in [2.45, 2.75) is 18.9 Å². The third-order valence-corrected chi connectivity index (χ3v) is 3.48. The summed E-state index contributed by atoms with van der Waals surface area (Å²) in [5.41, 5.74) is 2.83. The topological polar surface area (TPSA) is 64.1 Å².